The number of aryl methyl sites for hydroxylation is 1. The molecule has 1 heterocycles. The third kappa shape index (κ3) is 1.93. The van der Waals surface area contributed by atoms with Crippen LogP contribution >= 0.6 is 0 Å². The van der Waals surface area contributed by atoms with Gasteiger partial charge < -0.3 is 10.6 Å². The highest BCUT2D eigenvalue weighted by atomic mass is 15.1. The van der Waals surface area contributed by atoms with Crippen LogP contribution in [-0.4, -0.2) is 23.1 Å². The third-order valence-corrected chi connectivity index (χ3v) is 4.66. The van der Waals surface area contributed by atoms with Gasteiger partial charge in [-0.25, -0.2) is 9.97 Å². The van der Waals surface area contributed by atoms with Crippen LogP contribution < -0.4 is 10.6 Å². The average Bonchev–Trinajstić information content (AvgIpc) is 2.71. The first-order valence-electron chi connectivity index (χ1n) is 6.65. The summed E-state index contributed by atoms with van der Waals surface area (Å²) in [6, 6.07) is 2.44. The Morgan fingerprint density at radius 3 is 2.11 bits per heavy atom. The minimum atomic E-state index is 0.310. The Morgan fingerprint density at radius 1 is 1.11 bits per heavy atom. The molecule has 100 valence electrons. The lowest BCUT2D eigenvalue weighted by atomic mass is 10.0. The van der Waals surface area contributed by atoms with Crippen molar-refractivity contribution in [3.05, 3.63) is 11.9 Å². The van der Waals surface area contributed by atoms with Crippen LogP contribution in [0.4, 0.5) is 11.6 Å². The Morgan fingerprint density at radius 2 is 1.67 bits per heavy atom. The first kappa shape index (κ1) is 13.1. The molecule has 18 heavy (non-hydrogen) atoms. The van der Waals surface area contributed by atoms with Gasteiger partial charge in [-0.2, -0.15) is 0 Å². The molecule has 4 nitrogen and oxygen atoms in total. The smallest absolute Gasteiger partial charge is 0.132 e. The molecule has 1 aromatic rings. The van der Waals surface area contributed by atoms with Crippen molar-refractivity contribution < 1.29 is 0 Å². The molecule has 0 aliphatic heterocycles. The Balaban J connectivity index is 2.20. The Hall–Kier alpha value is -1.32. The largest absolute Gasteiger partial charge is 0.373 e. The second-order valence-electron chi connectivity index (χ2n) is 6.18. The molecule has 1 aliphatic carbocycles. The first-order chi connectivity index (χ1) is 8.32. The van der Waals surface area contributed by atoms with E-state index in [1.54, 1.807) is 0 Å². The van der Waals surface area contributed by atoms with E-state index in [0.29, 0.717) is 16.9 Å². The highest BCUT2D eigenvalue weighted by molar-refractivity contribution is 5.50. The molecule has 1 aromatic heterocycles. The van der Waals surface area contributed by atoms with Crippen molar-refractivity contribution in [3.8, 4) is 0 Å². The summed E-state index contributed by atoms with van der Waals surface area (Å²) >= 11 is 0. The number of nitrogens with zero attached hydrogens (tertiary/aromatic N) is 2. The summed E-state index contributed by atoms with van der Waals surface area (Å²) in [6.45, 7) is 11.3. The van der Waals surface area contributed by atoms with Crippen molar-refractivity contribution in [2.75, 3.05) is 17.7 Å². The van der Waals surface area contributed by atoms with Crippen molar-refractivity contribution in [2.45, 2.75) is 47.1 Å². The van der Waals surface area contributed by atoms with Crippen molar-refractivity contribution >= 4 is 11.6 Å². The van der Waals surface area contributed by atoms with E-state index in [1.807, 2.05) is 13.1 Å². The first-order valence-corrected chi connectivity index (χ1v) is 6.65. The van der Waals surface area contributed by atoms with E-state index in [1.165, 1.54) is 0 Å². The molecule has 4 heteroatoms. The molecule has 0 aromatic carbocycles. The topological polar surface area (TPSA) is 49.8 Å². The molecule has 0 unspecified atom stereocenters. The van der Waals surface area contributed by atoms with Crippen LogP contribution in [0.15, 0.2) is 6.07 Å². The molecule has 2 rings (SSSR count). The number of anilines is 2. The number of hydrogen-bond acceptors (Lipinski definition) is 4. The summed E-state index contributed by atoms with van der Waals surface area (Å²) in [5.41, 5.74) is 0.619. The van der Waals surface area contributed by atoms with Gasteiger partial charge in [-0.1, -0.05) is 34.6 Å². The van der Waals surface area contributed by atoms with E-state index < -0.39 is 0 Å². The van der Waals surface area contributed by atoms with Gasteiger partial charge in [0.1, 0.15) is 17.5 Å². The highest BCUT2D eigenvalue weighted by Crippen LogP contribution is 2.63. The molecule has 0 spiro atoms. The summed E-state index contributed by atoms with van der Waals surface area (Å²) in [5.74, 6) is 2.68. The zero-order valence-electron chi connectivity index (χ0n) is 12.3. The van der Waals surface area contributed by atoms with Crippen molar-refractivity contribution in [1.29, 1.82) is 0 Å². The third-order valence-electron chi connectivity index (χ3n) is 4.66. The van der Waals surface area contributed by atoms with Gasteiger partial charge >= 0.3 is 0 Å². The molecular formula is C14H24N4. The standard InChI is InChI=1S/C14H24N4/c1-7-9-16-10(15-6)8-11(17-9)18-12-13(2,3)14(12,4)5/h8,12H,7H2,1-6H3,(H2,15,16,17,18). The number of rotatable bonds is 4. The van der Waals surface area contributed by atoms with E-state index in [-0.39, 0.29) is 0 Å². The quantitative estimate of drug-likeness (QED) is 0.860. The highest BCUT2D eigenvalue weighted by Gasteiger charge is 2.65. The second kappa shape index (κ2) is 4.11. The number of hydrogen-bond donors (Lipinski definition) is 2. The Kier molecular flexibility index (Phi) is 2.99. The molecule has 0 atom stereocenters. The molecule has 2 N–H and O–H groups in total. The summed E-state index contributed by atoms with van der Waals surface area (Å²) in [7, 11) is 1.89. The normalized spacial score (nSPS) is 20.6. The number of nitrogens with one attached hydrogen (secondary N) is 2. The molecule has 0 bridgehead atoms. The molecule has 0 amide bonds. The summed E-state index contributed by atoms with van der Waals surface area (Å²) in [5, 5.41) is 6.64. The predicted molar refractivity (Wildman–Crippen MR) is 75.9 cm³/mol. The maximum atomic E-state index is 4.55. The van der Waals surface area contributed by atoms with Gasteiger partial charge in [0.15, 0.2) is 0 Å². The number of aromatic nitrogens is 2. The van der Waals surface area contributed by atoms with Gasteiger partial charge in [0.05, 0.1) is 0 Å². The lowest BCUT2D eigenvalue weighted by Gasteiger charge is -2.10. The van der Waals surface area contributed by atoms with Gasteiger partial charge in [0.2, 0.25) is 0 Å². The SMILES string of the molecule is CCc1nc(NC)cc(NC2C(C)(C)C2(C)C)n1. The van der Waals surface area contributed by atoms with E-state index in [9.17, 15) is 0 Å². The van der Waals surface area contributed by atoms with Crippen molar-refractivity contribution in [1.82, 2.24) is 9.97 Å². The van der Waals surface area contributed by atoms with Gasteiger partial charge in [0.25, 0.3) is 0 Å². The maximum Gasteiger partial charge on any atom is 0.132 e. The monoisotopic (exact) mass is 248 g/mol. The minimum absolute atomic E-state index is 0.310. The fourth-order valence-corrected chi connectivity index (χ4v) is 2.56. The zero-order chi connectivity index (χ0) is 13.6. The van der Waals surface area contributed by atoms with Crippen LogP contribution in [0.5, 0.6) is 0 Å². The average molecular weight is 248 g/mol. The van der Waals surface area contributed by atoms with Gasteiger partial charge in [-0.15, -0.1) is 0 Å². The van der Waals surface area contributed by atoms with E-state index in [4.69, 9.17) is 0 Å². The summed E-state index contributed by atoms with van der Waals surface area (Å²) < 4.78 is 0. The van der Waals surface area contributed by atoms with Crippen molar-refractivity contribution in [3.63, 3.8) is 0 Å². The van der Waals surface area contributed by atoms with Crippen LogP contribution in [0.3, 0.4) is 0 Å². The van der Waals surface area contributed by atoms with E-state index in [2.05, 4.69) is 55.2 Å². The molecular weight excluding hydrogens is 224 g/mol. The summed E-state index contributed by atoms with van der Waals surface area (Å²) in [6.07, 6.45) is 0.849. The van der Waals surface area contributed by atoms with Crippen molar-refractivity contribution in [2.24, 2.45) is 10.8 Å². The van der Waals surface area contributed by atoms with Crippen LogP contribution in [0, 0.1) is 10.8 Å². The zero-order valence-corrected chi connectivity index (χ0v) is 12.3. The minimum Gasteiger partial charge on any atom is -0.373 e. The fraction of sp³-hybridized carbons (Fsp3) is 0.714. The summed E-state index contributed by atoms with van der Waals surface area (Å²) in [4.78, 5) is 8.96. The molecule has 0 radical (unpaired) electrons. The Bertz CT molecular complexity index is 415. The lowest BCUT2D eigenvalue weighted by Crippen LogP contribution is -2.13. The fourth-order valence-electron chi connectivity index (χ4n) is 2.56. The van der Waals surface area contributed by atoms with Gasteiger partial charge in [-0.05, 0) is 10.8 Å². The molecule has 1 fully saturated rings. The van der Waals surface area contributed by atoms with E-state index >= 15 is 0 Å². The van der Waals surface area contributed by atoms with Crippen LogP contribution in [0.1, 0.15) is 40.4 Å². The molecule has 1 saturated carbocycles. The van der Waals surface area contributed by atoms with Crippen LogP contribution in [0.25, 0.3) is 0 Å². The molecule has 1 aliphatic rings. The van der Waals surface area contributed by atoms with Crippen LogP contribution in [0.2, 0.25) is 0 Å². The lowest BCUT2D eigenvalue weighted by molar-refractivity contribution is 0.457. The predicted octanol–water partition coefficient (Wildman–Crippen LogP) is 2.93. The van der Waals surface area contributed by atoms with E-state index in [0.717, 1.165) is 23.9 Å². The van der Waals surface area contributed by atoms with Gasteiger partial charge in [-0.3, -0.25) is 0 Å². The van der Waals surface area contributed by atoms with Gasteiger partial charge in [0, 0.05) is 25.6 Å². The second-order valence-corrected chi connectivity index (χ2v) is 6.18. The van der Waals surface area contributed by atoms with Crippen LogP contribution in [-0.2, 0) is 6.42 Å². The Labute approximate surface area is 110 Å². The molecule has 0 saturated heterocycles. The maximum absolute atomic E-state index is 4.55.